The minimum absolute atomic E-state index is 0.0238. The van der Waals surface area contributed by atoms with E-state index < -0.39 is 5.97 Å². The molecule has 2 rings (SSSR count). The molecule has 0 fully saturated rings. The molecule has 0 bridgehead atoms. The second kappa shape index (κ2) is 5.03. The molecule has 7 heteroatoms. The second-order valence-electron chi connectivity index (χ2n) is 3.09. The molecule has 0 atom stereocenters. The number of carbonyl (C=O) groups is 1. The molecule has 88 valence electrons. The van der Waals surface area contributed by atoms with Crippen LogP contribution in [0.2, 0.25) is 5.02 Å². The first-order chi connectivity index (χ1) is 8.06. The number of carboxylic acids is 1. The van der Waals surface area contributed by atoms with Gasteiger partial charge in [0, 0.05) is 14.9 Å². The van der Waals surface area contributed by atoms with Crippen molar-refractivity contribution in [1.29, 1.82) is 0 Å². The Kier molecular flexibility index (Phi) is 3.66. The fourth-order valence-corrected chi connectivity index (χ4v) is 2.35. The van der Waals surface area contributed by atoms with Crippen molar-refractivity contribution in [2.75, 3.05) is 5.32 Å². The van der Waals surface area contributed by atoms with Crippen molar-refractivity contribution >= 4 is 55.7 Å². The van der Waals surface area contributed by atoms with Gasteiger partial charge in [0.2, 0.25) is 0 Å². The first-order valence-electron chi connectivity index (χ1n) is 4.47. The van der Waals surface area contributed by atoms with Crippen LogP contribution in [0.3, 0.4) is 0 Å². The Morgan fingerprint density at radius 2 is 2.29 bits per heavy atom. The third kappa shape index (κ3) is 2.96. The first-order valence-corrected chi connectivity index (χ1v) is 6.52. The van der Waals surface area contributed by atoms with Gasteiger partial charge in [-0.3, -0.25) is 0 Å². The van der Waals surface area contributed by atoms with Crippen LogP contribution in [0, 0.1) is 0 Å². The highest BCUT2D eigenvalue weighted by atomic mass is 79.9. The van der Waals surface area contributed by atoms with E-state index in [9.17, 15) is 4.79 Å². The summed E-state index contributed by atoms with van der Waals surface area (Å²) in [6, 6.07) is 5.28. The van der Waals surface area contributed by atoms with Crippen molar-refractivity contribution in [3.63, 3.8) is 0 Å². The van der Waals surface area contributed by atoms with Gasteiger partial charge in [-0.1, -0.05) is 11.6 Å². The van der Waals surface area contributed by atoms with E-state index in [2.05, 4.69) is 26.2 Å². The van der Waals surface area contributed by atoms with Crippen molar-refractivity contribution < 1.29 is 9.90 Å². The van der Waals surface area contributed by atoms with Crippen molar-refractivity contribution in [3.05, 3.63) is 38.8 Å². The molecule has 4 nitrogen and oxygen atoms in total. The lowest BCUT2D eigenvalue weighted by molar-refractivity contribution is 0.0691. The molecule has 0 aliphatic rings. The molecular weight excluding hydrogens is 328 g/mol. The molecule has 0 aliphatic carbocycles. The minimum atomic E-state index is -1.04. The van der Waals surface area contributed by atoms with Gasteiger partial charge in [0.1, 0.15) is 0 Å². The third-order valence-corrected chi connectivity index (χ3v) is 3.58. The molecule has 1 heterocycles. The topological polar surface area (TPSA) is 62.2 Å². The van der Waals surface area contributed by atoms with Crippen molar-refractivity contribution in [2.24, 2.45) is 0 Å². The van der Waals surface area contributed by atoms with Gasteiger partial charge in [0.05, 0.1) is 5.69 Å². The number of aromatic carboxylic acids is 1. The molecule has 0 aliphatic heterocycles. The fraction of sp³-hybridized carbons (Fsp3) is 0. The molecule has 0 saturated carbocycles. The van der Waals surface area contributed by atoms with Crippen LogP contribution in [0.1, 0.15) is 10.5 Å². The van der Waals surface area contributed by atoms with Gasteiger partial charge in [-0.25, -0.2) is 9.78 Å². The van der Waals surface area contributed by atoms with Gasteiger partial charge in [-0.05, 0) is 34.1 Å². The van der Waals surface area contributed by atoms with E-state index in [-0.39, 0.29) is 5.69 Å². The number of nitrogens with one attached hydrogen (secondary N) is 1. The highest BCUT2D eigenvalue weighted by molar-refractivity contribution is 9.10. The largest absolute Gasteiger partial charge is 0.476 e. The molecule has 1 aromatic heterocycles. The van der Waals surface area contributed by atoms with E-state index in [1.54, 1.807) is 18.2 Å². The van der Waals surface area contributed by atoms with E-state index in [1.165, 1.54) is 16.7 Å². The zero-order valence-electron chi connectivity index (χ0n) is 8.28. The zero-order valence-corrected chi connectivity index (χ0v) is 11.4. The molecule has 2 N–H and O–H groups in total. The van der Waals surface area contributed by atoms with Crippen LogP contribution in [0.4, 0.5) is 10.8 Å². The van der Waals surface area contributed by atoms with Gasteiger partial charge < -0.3 is 10.4 Å². The normalized spacial score (nSPS) is 10.2. The van der Waals surface area contributed by atoms with Gasteiger partial charge >= 0.3 is 5.97 Å². The highest BCUT2D eigenvalue weighted by Gasteiger charge is 2.09. The number of hydrogen-bond donors (Lipinski definition) is 2. The van der Waals surface area contributed by atoms with E-state index in [0.29, 0.717) is 10.2 Å². The molecule has 2 aromatic rings. The maximum absolute atomic E-state index is 10.7. The van der Waals surface area contributed by atoms with Gasteiger partial charge in [0.25, 0.3) is 0 Å². The maximum Gasteiger partial charge on any atom is 0.355 e. The molecule has 0 radical (unpaired) electrons. The SMILES string of the molecule is O=C(O)c1csc(Nc2cc(Cl)ccc2Br)n1. The number of benzene rings is 1. The van der Waals surface area contributed by atoms with E-state index in [1.807, 2.05) is 0 Å². The summed E-state index contributed by atoms with van der Waals surface area (Å²) in [6.07, 6.45) is 0. The van der Waals surface area contributed by atoms with Crippen LogP contribution in [0.15, 0.2) is 28.1 Å². The maximum atomic E-state index is 10.7. The Labute approximate surface area is 114 Å². The van der Waals surface area contributed by atoms with Crippen molar-refractivity contribution in [1.82, 2.24) is 4.98 Å². The predicted octanol–water partition coefficient (Wildman–Crippen LogP) is 4.00. The lowest BCUT2D eigenvalue weighted by Crippen LogP contribution is -1.97. The number of carboxylic acid groups (broad SMARTS) is 1. The van der Waals surface area contributed by atoms with Crippen LogP contribution in [-0.4, -0.2) is 16.1 Å². The van der Waals surface area contributed by atoms with Crippen molar-refractivity contribution in [2.45, 2.75) is 0 Å². The summed E-state index contributed by atoms with van der Waals surface area (Å²) < 4.78 is 0.828. The zero-order chi connectivity index (χ0) is 12.4. The van der Waals surface area contributed by atoms with Crippen LogP contribution >= 0.6 is 38.9 Å². The second-order valence-corrected chi connectivity index (χ2v) is 5.24. The summed E-state index contributed by atoms with van der Waals surface area (Å²) in [5.74, 6) is -1.04. The van der Waals surface area contributed by atoms with E-state index >= 15 is 0 Å². The summed E-state index contributed by atoms with van der Waals surface area (Å²) >= 11 is 10.5. The molecule has 0 spiro atoms. The van der Waals surface area contributed by atoms with Gasteiger partial charge in [0.15, 0.2) is 10.8 Å². The number of anilines is 2. The summed E-state index contributed by atoms with van der Waals surface area (Å²) in [5.41, 5.74) is 0.763. The lowest BCUT2D eigenvalue weighted by Gasteiger charge is -2.05. The summed E-state index contributed by atoms with van der Waals surface area (Å²) in [4.78, 5) is 14.6. The molecule has 17 heavy (non-hydrogen) atoms. The average Bonchev–Trinajstić information content (AvgIpc) is 2.72. The van der Waals surface area contributed by atoms with Crippen LogP contribution < -0.4 is 5.32 Å². The number of nitrogens with zero attached hydrogens (tertiary/aromatic N) is 1. The number of rotatable bonds is 3. The van der Waals surface area contributed by atoms with Crippen LogP contribution in [0.5, 0.6) is 0 Å². The summed E-state index contributed by atoms with van der Waals surface area (Å²) in [5, 5.41) is 14.3. The molecule has 1 aromatic carbocycles. The average molecular weight is 334 g/mol. The fourth-order valence-electron chi connectivity index (χ4n) is 1.14. The molecule has 0 unspecified atom stereocenters. The number of hydrogen-bond acceptors (Lipinski definition) is 4. The Morgan fingerprint density at radius 3 is 2.94 bits per heavy atom. The molecule has 0 amide bonds. The van der Waals surface area contributed by atoms with E-state index in [0.717, 1.165) is 10.2 Å². The lowest BCUT2D eigenvalue weighted by atomic mass is 10.3. The number of halogens is 2. The predicted molar refractivity (Wildman–Crippen MR) is 71.5 cm³/mol. The monoisotopic (exact) mass is 332 g/mol. The van der Waals surface area contributed by atoms with Crippen LogP contribution in [0.25, 0.3) is 0 Å². The Balaban J connectivity index is 2.25. The standard InChI is InChI=1S/C10H6BrClN2O2S/c11-6-2-1-5(12)3-7(6)13-10-14-8(4-17-10)9(15)16/h1-4H,(H,13,14)(H,15,16). The van der Waals surface area contributed by atoms with E-state index in [4.69, 9.17) is 16.7 Å². The Morgan fingerprint density at radius 1 is 1.53 bits per heavy atom. The molecular formula is C10H6BrClN2O2S. The third-order valence-electron chi connectivity index (χ3n) is 1.89. The number of thiazole rings is 1. The number of aromatic nitrogens is 1. The van der Waals surface area contributed by atoms with Gasteiger partial charge in [-0.15, -0.1) is 11.3 Å². The quantitative estimate of drug-likeness (QED) is 0.891. The first kappa shape index (κ1) is 12.3. The van der Waals surface area contributed by atoms with Crippen LogP contribution in [-0.2, 0) is 0 Å². The van der Waals surface area contributed by atoms with Crippen molar-refractivity contribution in [3.8, 4) is 0 Å². The highest BCUT2D eigenvalue weighted by Crippen LogP contribution is 2.29. The smallest absolute Gasteiger partial charge is 0.355 e. The minimum Gasteiger partial charge on any atom is -0.476 e. The van der Waals surface area contributed by atoms with Gasteiger partial charge in [-0.2, -0.15) is 0 Å². The molecule has 0 saturated heterocycles. The Hall–Kier alpha value is -1.11. The Bertz CT molecular complexity index is 573. The summed E-state index contributed by atoms with van der Waals surface area (Å²) in [6.45, 7) is 0. The summed E-state index contributed by atoms with van der Waals surface area (Å²) in [7, 11) is 0.